The first-order chi connectivity index (χ1) is 14.2. The SMILES string of the molecule is O=C(C(NCc1ccc(N2CCCC2=O)cc1)c1ccccc1)N1CCOCC1. The molecule has 0 aromatic heterocycles. The quantitative estimate of drug-likeness (QED) is 0.819. The number of rotatable bonds is 6. The zero-order valence-corrected chi connectivity index (χ0v) is 16.5. The van der Waals surface area contributed by atoms with Crippen LogP contribution in [0.15, 0.2) is 54.6 Å². The van der Waals surface area contributed by atoms with Crippen molar-refractivity contribution in [1.29, 1.82) is 0 Å². The molecule has 2 aromatic rings. The van der Waals surface area contributed by atoms with Crippen LogP contribution in [0, 0.1) is 0 Å². The Kier molecular flexibility index (Phi) is 6.22. The van der Waals surface area contributed by atoms with Gasteiger partial charge in [0.1, 0.15) is 6.04 Å². The predicted octanol–water partition coefficient (Wildman–Crippen LogP) is 2.50. The summed E-state index contributed by atoms with van der Waals surface area (Å²) in [5.41, 5.74) is 2.99. The molecule has 152 valence electrons. The van der Waals surface area contributed by atoms with Crippen molar-refractivity contribution >= 4 is 17.5 Å². The first-order valence-corrected chi connectivity index (χ1v) is 10.3. The molecule has 6 nitrogen and oxygen atoms in total. The Morgan fingerprint density at radius 3 is 2.38 bits per heavy atom. The lowest BCUT2D eigenvalue weighted by Gasteiger charge is -2.31. The van der Waals surface area contributed by atoms with Crippen LogP contribution in [-0.2, 0) is 20.9 Å². The molecule has 0 spiro atoms. The lowest BCUT2D eigenvalue weighted by atomic mass is 10.0. The third kappa shape index (κ3) is 4.66. The van der Waals surface area contributed by atoms with Gasteiger partial charge in [0, 0.05) is 38.3 Å². The highest BCUT2D eigenvalue weighted by atomic mass is 16.5. The van der Waals surface area contributed by atoms with Gasteiger partial charge in [0.15, 0.2) is 0 Å². The summed E-state index contributed by atoms with van der Waals surface area (Å²) in [6.45, 7) is 3.79. The topological polar surface area (TPSA) is 61.9 Å². The van der Waals surface area contributed by atoms with Gasteiger partial charge < -0.3 is 14.5 Å². The second-order valence-electron chi connectivity index (χ2n) is 7.48. The Morgan fingerprint density at radius 2 is 1.72 bits per heavy atom. The lowest BCUT2D eigenvalue weighted by molar-refractivity contribution is -0.137. The molecule has 2 saturated heterocycles. The van der Waals surface area contributed by atoms with Crippen LogP contribution in [0.5, 0.6) is 0 Å². The smallest absolute Gasteiger partial charge is 0.244 e. The van der Waals surface area contributed by atoms with Crippen LogP contribution in [0.3, 0.4) is 0 Å². The minimum atomic E-state index is -0.394. The van der Waals surface area contributed by atoms with Crippen LogP contribution < -0.4 is 10.2 Å². The molecule has 2 heterocycles. The zero-order chi connectivity index (χ0) is 20.1. The van der Waals surface area contributed by atoms with Gasteiger partial charge in [0.2, 0.25) is 11.8 Å². The van der Waals surface area contributed by atoms with Crippen LogP contribution in [-0.4, -0.2) is 49.6 Å². The van der Waals surface area contributed by atoms with Crippen molar-refractivity contribution in [1.82, 2.24) is 10.2 Å². The van der Waals surface area contributed by atoms with E-state index in [1.807, 2.05) is 64.4 Å². The minimum absolute atomic E-state index is 0.0822. The number of carbonyl (C=O) groups is 2. The Bertz CT molecular complexity index is 832. The van der Waals surface area contributed by atoms with Gasteiger partial charge in [-0.3, -0.25) is 14.9 Å². The molecule has 0 aliphatic carbocycles. The van der Waals surface area contributed by atoms with Crippen LogP contribution in [0.4, 0.5) is 5.69 Å². The molecule has 2 aromatic carbocycles. The fourth-order valence-electron chi connectivity index (χ4n) is 3.89. The van der Waals surface area contributed by atoms with E-state index < -0.39 is 6.04 Å². The molecule has 2 aliphatic rings. The predicted molar refractivity (Wildman–Crippen MR) is 111 cm³/mol. The van der Waals surface area contributed by atoms with E-state index in [1.54, 1.807) is 0 Å². The Morgan fingerprint density at radius 1 is 1.00 bits per heavy atom. The minimum Gasteiger partial charge on any atom is -0.378 e. The summed E-state index contributed by atoms with van der Waals surface area (Å²) in [5, 5.41) is 3.43. The Labute approximate surface area is 171 Å². The Hall–Kier alpha value is -2.70. The van der Waals surface area contributed by atoms with Crippen LogP contribution in [0.1, 0.15) is 30.0 Å². The number of hydrogen-bond acceptors (Lipinski definition) is 4. The molecule has 29 heavy (non-hydrogen) atoms. The molecule has 1 atom stereocenters. The molecule has 6 heteroatoms. The number of morpholine rings is 1. The first kappa shape index (κ1) is 19.6. The summed E-state index contributed by atoms with van der Waals surface area (Å²) in [5.74, 6) is 0.273. The normalized spacial score (nSPS) is 18.1. The largest absolute Gasteiger partial charge is 0.378 e. The van der Waals surface area contributed by atoms with Gasteiger partial charge >= 0.3 is 0 Å². The third-order valence-electron chi connectivity index (χ3n) is 5.53. The molecular formula is C23H27N3O3. The second kappa shape index (κ2) is 9.20. The van der Waals surface area contributed by atoms with Crippen molar-refractivity contribution < 1.29 is 14.3 Å². The average Bonchev–Trinajstić information content (AvgIpc) is 3.21. The van der Waals surface area contributed by atoms with Crippen molar-refractivity contribution in [2.75, 3.05) is 37.7 Å². The van der Waals surface area contributed by atoms with Crippen molar-refractivity contribution in [2.24, 2.45) is 0 Å². The summed E-state index contributed by atoms with van der Waals surface area (Å²) in [7, 11) is 0. The van der Waals surface area contributed by atoms with Gasteiger partial charge in [-0.05, 0) is 29.7 Å². The van der Waals surface area contributed by atoms with Crippen molar-refractivity contribution in [3.8, 4) is 0 Å². The first-order valence-electron chi connectivity index (χ1n) is 10.3. The number of anilines is 1. The molecule has 2 amide bonds. The van der Waals surface area contributed by atoms with Crippen LogP contribution in [0.2, 0.25) is 0 Å². The molecule has 1 N–H and O–H groups in total. The molecule has 2 fully saturated rings. The molecule has 1 unspecified atom stereocenters. The number of amides is 2. The van der Waals surface area contributed by atoms with Gasteiger partial charge in [-0.15, -0.1) is 0 Å². The molecule has 2 aliphatic heterocycles. The molecule has 0 radical (unpaired) electrons. The van der Waals surface area contributed by atoms with Crippen LogP contribution >= 0.6 is 0 Å². The van der Waals surface area contributed by atoms with Gasteiger partial charge in [0.25, 0.3) is 0 Å². The summed E-state index contributed by atoms with van der Waals surface area (Å²) >= 11 is 0. The highest BCUT2D eigenvalue weighted by Crippen LogP contribution is 2.22. The standard InChI is InChI=1S/C23H27N3O3/c27-21-7-4-12-26(21)20-10-8-18(9-11-20)17-24-22(19-5-2-1-3-6-19)23(28)25-13-15-29-16-14-25/h1-3,5-6,8-11,22,24H,4,7,12-17H2. The highest BCUT2D eigenvalue weighted by Gasteiger charge is 2.27. The zero-order valence-electron chi connectivity index (χ0n) is 16.5. The van der Waals surface area contributed by atoms with E-state index in [0.29, 0.717) is 39.3 Å². The van der Waals surface area contributed by atoms with E-state index in [9.17, 15) is 9.59 Å². The van der Waals surface area contributed by atoms with E-state index in [4.69, 9.17) is 4.74 Å². The number of benzene rings is 2. The fraction of sp³-hybridized carbons (Fsp3) is 0.391. The summed E-state index contributed by atoms with van der Waals surface area (Å²) in [4.78, 5) is 28.8. The van der Waals surface area contributed by atoms with E-state index in [1.165, 1.54) is 0 Å². The molecular weight excluding hydrogens is 366 g/mol. The van der Waals surface area contributed by atoms with E-state index in [2.05, 4.69) is 5.32 Å². The van der Waals surface area contributed by atoms with E-state index >= 15 is 0 Å². The van der Waals surface area contributed by atoms with Gasteiger partial charge in [0.05, 0.1) is 13.2 Å². The lowest BCUT2D eigenvalue weighted by Crippen LogP contribution is -2.46. The van der Waals surface area contributed by atoms with E-state index in [0.717, 1.165) is 29.8 Å². The fourth-order valence-corrected chi connectivity index (χ4v) is 3.89. The Balaban J connectivity index is 1.45. The van der Waals surface area contributed by atoms with Crippen LogP contribution in [0.25, 0.3) is 0 Å². The average molecular weight is 393 g/mol. The summed E-state index contributed by atoms with van der Waals surface area (Å²) in [6, 6.07) is 17.5. The van der Waals surface area contributed by atoms with Crippen molar-refractivity contribution in [2.45, 2.75) is 25.4 Å². The van der Waals surface area contributed by atoms with E-state index in [-0.39, 0.29) is 11.8 Å². The van der Waals surface area contributed by atoms with Gasteiger partial charge in [-0.1, -0.05) is 42.5 Å². The number of hydrogen-bond donors (Lipinski definition) is 1. The second-order valence-corrected chi connectivity index (χ2v) is 7.48. The number of nitrogens with zero attached hydrogens (tertiary/aromatic N) is 2. The number of carbonyl (C=O) groups excluding carboxylic acids is 2. The van der Waals surface area contributed by atoms with Gasteiger partial charge in [-0.2, -0.15) is 0 Å². The van der Waals surface area contributed by atoms with Gasteiger partial charge in [-0.25, -0.2) is 0 Å². The number of nitrogens with one attached hydrogen (secondary N) is 1. The maximum atomic E-state index is 13.1. The molecule has 0 bridgehead atoms. The van der Waals surface area contributed by atoms with Crippen molar-refractivity contribution in [3.05, 3.63) is 65.7 Å². The maximum absolute atomic E-state index is 13.1. The van der Waals surface area contributed by atoms with Crippen molar-refractivity contribution in [3.63, 3.8) is 0 Å². The number of ether oxygens (including phenoxy) is 1. The monoisotopic (exact) mass is 393 g/mol. The maximum Gasteiger partial charge on any atom is 0.244 e. The summed E-state index contributed by atoms with van der Waals surface area (Å²) < 4.78 is 5.38. The third-order valence-corrected chi connectivity index (χ3v) is 5.53. The highest BCUT2D eigenvalue weighted by molar-refractivity contribution is 5.95. The molecule has 4 rings (SSSR count). The molecule has 0 saturated carbocycles. The summed E-state index contributed by atoms with van der Waals surface area (Å²) in [6.07, 6.45) is 1.55.